The number of benzene rings is 3. The molecule has 6 aromatic rings. The first-order valence-electron chi connectivity index (χ1n) is 49.0. The van der Waals surface area contributed by atoms with E-state index in [0.717, 1.165) is 69.2 Å². The molecule has 6 unspecified atom stereocenters. The number of carbonyl (C=O) groups is 6. The molecule has 19 rings (SSSR count). The number of carbonyl (C=O) groups excluding carboxylic acids is 9. The molecule has 0 spiro atoms. The van der Waals surface area contributed by atoms with Crippen LogP contribution in [0.1, 0.15) is 241 Å². The summed E-state index contributed by atoms with van der Waals surface area (Å²) in [5, 5.41) is 8.38. The van der Waals surface area contributed by atoms with Gasteiger partial charge in [-0.1, -0.05) is 133 Å². The van der Waals surface area contributed by atoms with Crippen molar-refractivity contribution in [3.05, 3.63) is 83.3 Å². The molecular formula is C101H123F8N12O16V3-3. The van der Waals surface area contributed by atoms with E-state index in [9.17, 15) is 51.9 Å². The Hall–Kier alpha value is -8.70. The number of amides is 6. The molecule has 39 heteroatoms. The Morgan fingerprint density at radius 2 is 0.707 bits per heavy atom. The Morgan fingerprint density at radius 3 is 1.03 bits per heavy atom. The standard InChI is InChI=1S/C36H45F2N4O6.C33H40F3N4O5.C32H38F3N4O5.3V/c1-5-22-27(18-43)42-17-29(22)47-32-30(39-25-12-11-21(16-26(25)40-32)46-20-9-10-20)36(37,38)13-7-6-8-23-24-14-19(24)15-28(23)48-34(45)41-31(33(42)44)35(2,3)4;1-5-19-24(16-41)40-15-26(19)44-29-27(37-22-10-9-18(34)14-23(22)38-29)33(35,36)11-7-6-8-20-21-12-17(21)13-25(20)45-31(43)39-28(30(40)42)32(2,3)4;1-16-23(15-40)39-14-25(16)43-28-26(36-21-9-8-18(33)13-22(21)37-28)32(34,35)10-6-5-7-19-20-11-17(20)12-24(19)44-30(42)38-27(29(39)41)31(2,3)4;;;/h11-12,16,19-20,22-24,27-29,31H,5-10,13-15,17H2,1-4H3,(H,41,45);9-10,14,17,19-21,24-26,28H,5-8,11-13,15H2,1-4H3,(H,39,43);8-9,13,16-17,19-20,23-25,27H,5-7,10-12,14H2,1-4H3,(H,38,42);;;/q3*-1;;;/t19?,22-,23+,24?,27+,28+,29-,31+;17?,19-,20+,21?,24+,25+,26-,28+;16-,17?,19+,20?,23+,24+,25-,27+;;;/m000.../s1. The molecule has 6 bridgehead atoms. The molecule has 6 aliphatic heterocycles. The van der Waals surface area contributed by atoms with Crippen LogP contribution in [0.5, 0.6) is 23.4 Å². The summed E-state index contributed by atoms with van der Waals surface area (Å²) in [7, 11) is 0. The van der Waals surface area contributed by atoms with Crippen LogP contribution in [0.4, 0.5) is 49.5 Å². The Morgan fingerprint density at radius 1 is 0.393 bits per heavy atom. The molecule has 3 N–H and O–H groups in total. The van der Waals surface area contributed by atoms with Crippen molar-refractivity contribution in [2.75, 3.05) is 19.6 Å². The fourth-order valence-electron chi connectivity index (χ4n) is 23.0. The van der Waals surface area contributed by atoms with Crippen molar-refractivity contribution >= 4 is 88.0 Å². The molecular weight excluding hydrogens is 1940 g/mol. The Labute approximate surface area is 844 Å². The number of nitrogens with zero attached hydrogens (tertiary/aromatic N) is 9. The van der Waals surface area contributed by atoms with E-state index in [1.54, 1.807) is 73.6 Å². The third-order valence-corrected chi connectivity index (χ3v) is 30.9. The van der Waals surface area contributed by atoms with Gasteiger partial charge in [-0.05, 0) is 214 Å². The maximum atomic E-state index is 16.2. The molecule has 757 valence electrons. The van der Waals surface area contributed by atoms with Crippen LogP contribution >= 0.6 is 0 Å². The van der Waals surface area contributed by atoms with Gasteiger partial charge in [0.1, 0.15) is 72.1 Å². The number of rotatable bonds is 7. The average Bonchev–Trinajstić information content (AvgIpc) is 1.61. The second kappa shape index (κ2) is 42.2. The van der Waals surface area contributed by atoms with E-state index in [2.05, 4.69) is 45.9 Å². The van der Waals surface area contributed by atoms with Gasteiger partial charge in [0.25, 0.3) is 17.8 Å². The van der Waals surface area contributed by atoms with Crippen LogP contribution in [-0.4, -0.2) is 198 Å². The van der Waals surface area contributed by atoms with E-state index in [-0.39, 0.29) is 165 Å². The van der Waals surface area contributed by atoms with Crippen molar-refractivity contribution in [2.24, 2.45) is 87.3 Å². The van der Waals surface area contributed by atoms with Gasteiger partial charge in [0.05, 0.1) is 58.8 Å². The molecule has 7 saturated carbocycles. The Kier molecular flexibility index (Phi) is 32.2. The van der Waals surface area contributed by atoms with Crippen LogP contribution in [0.25, 0.3) is 33.1 Å². The molecule has 28 nitrogen and oxygen atoms in total. The van der Waals surface area contributed by atoms with Crippen LogP contribution < -0.4 is 34.9 Å². The normalized spacial score (nSPS) is 33.0. The van der Waals surface area contributed by atoms with Crippen molar-refractivity contribution in [1.29, 1.82) is 0 Å². The largest absolute Gasteiger partial charge is 0.540 e. The molecule has 140 heavy (non-hydrogen) atoms. The Bertz CT molecular complexity index is 5600. The molecule has 3 radical (unpaired) electrons. The SMILES string of the molecule is CC[C@@H]1[C@@H]2CN(C(=O)[C@H](C(C)(C)C)NC(=O)O[C@@H]3CC4CC4[C@H]3CCCCC(F)(F)c3nc4ccc(F)cc4nc3O2)[C@@H]1[C-]=O.CC[C@@H]1[C@@H]2CN(C(=O)[C@H](C(C)(C)C)NC(=O)O[C@@H]3CC4CC4[C@H]3CCCCC(F)(F)c3nc4ccc(OC5CC5)cc4nc3O2)[C@@H]1[C-]=O.C[C@@H]1[C@@H]2CN(C(=O)[C@H](C(C)(C)C)NC(=O)O[C@@H]3CC4CC4[C@H]3CCCCC(F)(F)c3nc4ccc(F)cc4nc3O2)[C@@H]1[C-]=O.[V].[V].[V]. The first-order chi connectivity index (χ1) is 64.9. The van der Waals surface area contributed by atoms with Crippen molar-refractivity contribution in [1.82, 2.24) is 60.6 Å². The summed E-state index contributed by atoms with van der Waals surface area (Å²) in [4.78, 5) is 149. The van der Waals surface area contributed by atoms with Crippen LogP contribution in [0.2, 0.25) is 0 Å². The second-order valence-electron chi connectivity index (χ2n) is 43.7. The predicted octanol–water partition coefficient (Wildman–Crippen LogP) is 17.1. The zero-order valence-electron chi connectivity index (χ0n) is 80.7. The molecule has 10 fully saturated rings. The van der Waals surface area contributed by atoms with Gasteiger partial charge < -0.3 is 78.2 Å². The van der Waals surface area contributed by atoms with Gasteiger partial charge in [-0.15, -0.1) is 0 Å². The number of aromatic nitrogens is 6. The van der Waals surface area contributed by atoms with Gasteiger partial charge in [0.2, 0.25) is 35.4 Å². The molecule has 3 aromatic heterocycles. The summed E-state index contributed by atoms with van der Waals surface area (Å²) in [6.45, 7) is 21.2. The maximum absolute atomic E-state index is 16.2. The summed E-state index contributed by atoms with van der Waals surface area (Å²) in [5.74, 6) is -12.6. The van der Waals surface area contributed by atoms with E-state index < -0.39 is 202 Å². The van der Waals surface area contributed by atoms with Crippen LogP contribution in [0, 0.1) is 98.9 Å². The van der Waals surface area contributed by atoms with Gasteiger partial charge >= 0.3 is 18.3 Å². The van der Waals surface area contributed by atoms with Gasteiger partial charge in [0.15, 0.2) is 17.1 Å². The average molecular weight is 2070 g/mol. The minimum Gasteiger partial charge on any atom is -0.540 e. The van der Waals surface area contributed by atoms with Gasteiger partial charge in [-0.3, -0.25) is 14.4 Å². The van der Waals surface area contributed by atoms with E-state index >= 15 is 26.3 Å². The summed E-state index contributed by atoms with van der Waals surface area (Å²) in [5.41, 5.74) is -3.18. The van der Waals surface area contributed by atoms with Crippen LogP contribution in [0.3, 0.4) is 0 Å². The maximum Gasteiger partial charge on any atom is 0.408 e. The minimum absolute atomic E-state index is 0. The third-order valence-electron chi connectivity index (χ3n) is 30.9. The summed E-state index contributed by atoms with van der Waals surface area (Å²) in [6, 6.07) is 5.83. The van der Waals surface area contributed by atoms with Crippen LogP contribution in [0.15, 0.2) is 54.6 Å². The predicted molar refractivity (Wildman–Crippen MR) is 482 cm³/mol. The molecule has 3 saturated heterocycles. The topological polar surface area (TPSA) is 341 Å². The Balaban J connectivity index is 0.000000166. The van der Waals surface area contributed by atoms with Crippen molar-refractivity contribution in [2.45, 2.75) is 321 Å². The minimum atomic E-state index is -3.42. The number of alkyl carbamates (subject to hydrolysis) is 3. The first-order valence-corrected chi connectivity index (χ1v) is 49.0. The smallest absolute Gasteiger partial charge is 0.408 e. The van der Waals surface area contributed by atoms with E-state index in [1.165, 1.54) is 26.8 Å². The summed E-state index contributed by atoms with van der Waals surface area (Å²) >= 11 is 0. The van der Waals surface area contributed by atoms with E-state index in [0.29, 0.717) is 110 Å². The summed E-state index contributed by atoms with van der Waals surface area (Å²) < 4.78 is 167. The monoisotopic (exact) mass is 2060 g/mol. The molecule has 13 aliphatic rings. The van der Waals surface area contributed by atoms with E-state index in [1.807, 2.05) is 46.6 Å². The van der Waals surface area contributed by atoms with E-state index in [4.69, 9.17) is 33.2 Å². The zero-order valence-corrected chi connectivity index (χ0v) is 84.9. The number of fused-ring (bicyclic) bond motifs is 21. The number of hydrogen-bond donors (Lipinski definition) is 3. The number of halogens is 8. The third kappa shape index (κ3) is 22.8. The first kappa shape index (κ1) is 107. The van der Waals surface area contributed by atoms with Crippen molar-refractivity contribution < 1.29 is 167 Å². The van der Waals surface area contributed by atoms with Crippen molar-refractivity contribution in [3.63, 3.8) is 0 Å². The van der Waals surface area contributed by atoms with Gasteiger partial charge in [-0.25, -0.2) is 71.9 Å². The zero-order chi connectivity index (χ0) is 97.8. The molecule has 24 atom stereocenters. The molecule has 3 aromatic carbocycles. The molecule has 6 amide bonds. The fraction of sp³-hybridized carbons (Fsp3) is 0.673. The quantitative estimate of drug-likeness (QED) is 0.0759. The molecule has 7 aliphatic carbocycles. The molecule has 9 heterocycles. The fourth-order valence-corrected chi connectivity index (χ4v) is 23.0. The second-order valence-corrected chi connectivity index (χ2v) is 43.7. The van der Waals surface area contributed by atoms with Crippen LogP contribution in [-0.2, 0) is 116 Å². The van der Waals surface area contributed by atoms with Gasteiger partial charge in [0, 0.05) is 93.1 Å². The number of nitrogens with one attached hydrogen (secondary N) is 3. The number of ether oxygens (including phenoxy) is 7. The number of alkyl halides is 6. The number of hydrogen-bond acceptors (Lipinski definition) is 22. The van der Waals surface area contributed by atoms with Gasteiger partial charge in [-0.2, -0.15) is 26.3 Å². The van der Waals surface area contributed by atoms with Crippen molar-refractivity contribution in [3.8, 4) is 23.4 Å². The summed E-state index contributed by atoms with van der Waals surface area (Å²) in [6.07, 6.45) is 10.8.